The second-order valence-corrected chi connectivity index (χ2v) is 7.72. The van der Waals surface area contributed by atoms with Gasteiger partial charge in [-0.1, -0.05) is 26.0 Å². The number of fused-ring (bicyclic) bond motifs is 1. The Morgan fingerprint density at radius 2 is 1.90 bits per heavy atom. The van der Waals surface area contributed by atoms with Crippen molar-refractivity contribution in [3.8, 4) is 0 Å². The number of hydrogen-bond acceptors (Lipinski definition) is 4. The van der Waals surface area contributed by atoms with E-state index in [0.29, 0.717) is 36.6 Å². The van der Waals surface area contributed by atoms with E-state index in [1.54, 1.807) is 12.1 Å². The van der Waals surface area contributed by atoms with Gasteiger partial charge in [-0.2, -0.15) is 0 Å². The fourth-order valence-corrected chi connectivity index (χ4v) is 3.40. The first-order valence-electron chi connectivity index (χ1n) is 9.80. The van der Waals surface area contributed by atoms with Crippen molar-refractivity contribution in [3.63, 3.8) is 0 Å². The van der Waals surface area contributed by atoms with E-state index in [1.165, 1.54) is 12.1 Å². The van der Waals surface area contributed by atoms with Gasteiger partial charge >= 0.3 is 0 Å². The van der Waals surface area contributed by atoms with Crippen LogP contribution in [0.25, 0.3) is 0 Å². The van der Waals surface area contributed by atoms with E-state index in [4.69, 9.17) is 0 Å². The lowest BCUT2D eigenvalue weighted by Crippen LogP contribution is -2.36. The quantitative estimate of drug-likeness (QED) is 0.564. The van der Waals surface area contributed by atoms with Crippen LogP contribution in [0.1, 0.15) is 37.8 Å². The van der Waals surface area contributed by atoms with Crippen LogP contribution in [0.15, 0.2) is 42.5 Å². The topological polar surface area (TPSA) is 92.6 Å². The van der Waals surface area contributed by atoms with Crippen LogP contribution in [0.2, 0.25) is 0 Å². The molecule has 2 amide bonds. The number of benzene rings is 2. The molecule has 0 aliphatic carbocycles. The summed E-state index contributed by atoms with van der Waals surface area (Å²) in [4.78, 5) is 36.8. The number of nitrogens with one attached hydrogen (secondary N) is 1. The SMILES string of the molecule is CC(C)CCN1C(=O)CCc2cc(NC(=O)Cc3ccc([N+](=O)[O-])cc3)ccc21. The highest BCUT2D eigenvalue weighted by Crippen LogP contribution is 2.31. The molecule has 0 unspecified atom stereocenters. The summed E-state index contributed by atoms with van der Waals surface area (Å²) in [6.07, 6.45) is 2.22. The van der Waals surface area contributed by atoms with Gasteiger partial charge in [0.15, 0.2) is 0 Å². The molecule has 0 spiro atoms. The van der Waals surface area contributed by atoms with Gasteiger partial charge < -0.3 is 10.2 Å². The molecule has 0 fully saturated rings. The molecular formula is C22H25N3O4. The minimum absolute atomic E-state index is 0.000383. The number of carbonyl (C=O) groups excluding carboxylic acids is 2. The zero-order valence-corrected chi connectivity index (χ0v) is 16.7. The molecule has 7 nitrogen and oxygen atoms in total. The maximum atomic E-state index is 12.4. The minimum atomic E-state index is -0.466. The van der Waals surface area contributed by atoms with Crippen molar-refractivity contribution in [2.75, 3.05) is 16.8 Å². The molecule has 7 heteroatoms. The average molecular weight is 395 g/mol. The molecule has 2 aromatic carbocycles. The second kappa shape index (κ2) is 8.86. The summed E-state index contributed by atoms with van der Waals surface area (Å²) in [5, 5.41) is 13.6. The van der Waals surface area contributed by atoms with Crippen molar-refractivity contribution in [1.82, 2.24) is 0 Å². The van der Waals surface area contributed by atoms with Gasteiger partial charge in [-0.15, -0.1) is 0 Å². The molecule has 1 N–H and O–H groups in total. The van der Waals surface area contributed by atoms with Crippen molar-refractivity contribution in [2.45, 2.75) is 39.5 Å². The van der Waals surface area contributed by atoms with E-state index in [0.717, 1.165) is 17.7 Å². The van der Waals surface area contributed by atoms with E-state index in [-0.39, 0.29) is 23.9 Å². The van der Waals surface area contributed by atoms with Crippen LogP contribution in [-0.2, 0) is 22.4 Å². The molecule has 0 saturated carbocycles. The number of amides is 2. The van der Waals surface area contributed by atoms with Gasteiger partial charge in [0.25, 0.3) is 5.69 Å². The van der Waals surface area contributed by atoms with Crippen LogP contribution >= 0.6 is 0 Å². The Hall–Kier alpha value is -3.22. The van der Waals surface area contributed by atoms with E-state index in [2.05, 4.69) is 19.2 Å². The zero-order chi connectivity index (χ0) is 21.0. The Labute approximate surface area is 169 Å². The van der Waals surface area contributed by atoms with E-state index in [9.17, 15) is 19.7 Å². The fourth-order valence-electron chi connectivity index (χ4n) is 3.40. The maximum absolute atomic E-state index is 12.4. The molecule has 152 valence electrons. The number of nitro benzene ring substituents is 1. The molecule has 1 aliphatic rings. The van der Waals surface area contributed by atoms with Crippen LogP contribution in [0.4, 0.5) is 17.1 Å². The summed E-state index contributed by atoms with van der Waals surface area (Å²) in [5.74, 6) is 0.474. The zero-order valence-electron chi connectivity index (χ0n) is 16.7. The van der Waals surface area contributed by atoms with E-state index in [1.807, 2.05) is 23.1 Å². The van der Waals surface area contributed by atoms with Gasteiger partial charge in [-0.3, -0.25) is 19.7 Å². The third kappa shape index (κ3) is 5.19. The van der Waals surface area contributed by atoms with Gasteiger partial charge in [0.1, 0.15) is 0 Å². The number of nitrogens with zero attached hydrogens (tertiary/aromatic N) is 2. The van der Waals surface area contributed by atoms with Gasteiger partial charge in [-0.25, -0.2) is 0 Å². The molecular weight excluding hydrogens is 370 g/mol. The highest BCUT2D eigenvalue weighted by Gasteiger charge is 2.24. The Kier molecular flexibility index (Phi) is 6.26. The molecule has 1 aliphatic heterocycles. The highest BCUT2D eigenvalue weighted by atomic mass is 16.6. The molecule has 0 atom stereocenters. The second-order valence-electron chi connectivity index (χ2n) is 7.72. The summed E-state index contributed by atoms with van der Waals surface area (Å²) in [7, 11) is 0. The number of non-ortho nitro benzene ring substituents is 1. The summed E-state index contributed by atoms with van der Waals surface area (Å²) >= 11 is 0. The predicted molar refractivity (Wildman–Crippen MR) is 112 cm³/mol. The van der Waals surface area contributed by atoms with Crippen LogP contribution in [0, 0.1) is 16.0 Å². The Morgan fingerprint density at radius 1 is 1.17 bits per heavy atom. The number of hydrogen-bond donors (Lipinski definition) is 1. The Balaban J connectivity index is 1.67. The molecule has 2 aromatic rings. The largest absolute Gasteiger partial charge is 0.326 e. The molecule has 0 aromatic heterocycles. The molecule has 3 rings (SSSR count). The first kappa shape index (κ1) is 20.5. The standard InChI is InChI=1S/C22H25N3O4/c1-15(2)11-12-24-20-9-6-18(14-17(20)5-10-22(24)27)23-21(26)13-16-3-7-19(8-4-16)25(28)29/h3-4,6-9,14-15H,5,10-13H2,1-2H3,(H,23,26). The number of nitro groups is 1. The van der Waals surface area contributed by atoms with Gasteiger partial charge in [0, 0.05) is 36.5 Å². The van der Waals surface area contributed by atoms with Crippen molar-refractivity contribution in [1.29, 1.82) is 0 Å². The summed E-state index contributed by atoms with van der Waals surface area (Å²) in [5.41, 5.74) is 3.38. The maximum Gasteiger partial charge on any atom is 0.269 e. The third-order valence-corrected chi connectivity index (χ3v) is 5.01. The molecule has 0 bridgehead atoms. The Bertz CT molecular complexity index is 922. The van der Waals surface area contributed by atoms with Crippen LogP contribution in [0.5, 0.6) is 0 Å². The molecule has 0 saturated heterocycles. The summed E-state index contributed by atoms with van der Waals surface area (Å²) in [6.45, 7) is 4.98. The predicted octanol–water partition coefficient (Wildman–Crippen LogP) is 4.10. The number of anilines is 2. The average Bonchev–Trinajstić information content (AvgIpc) is 2.67. The van der Waals surface area contributed by atoms with Crippen molar-refractivity contribution in [3.05, 3.63) is 63.7 Å². The fraction of sp³-hybridized carbons (Fsp3) is 0.364. The summed E-state index contributed by atoms with van der Waals surface area (Å²) < 4.78 is 0. The first-order chi connectivity index (χ1) is 13.8. The van der Waals surface area contributed by atoms with Crippen molar-refractivity contribution in [2.24, 2.45) is 5.92 Å². The lowest BCUT2D eigenvalue weighted by molar-refractivity contribution is -0.384. The normalized spacial score (nSPS) is 13.3. The van der Waals surface area contributed by atoms with Crippen LogP contribution < -0.4 is 10.2 Å². The molecule has 29 heavy (non-hydrogen) atoms. The van der Waals surface area contributed by atoms with Gasteiger partial charge in [-0.05, 0) is 48.1 Å². The van der Waals surface area contributed by atoms with Gasteiger partial charge in [0.05, 0.1) is 11.3 Å². The smallest absolute Gasteiger partial charge is 0.269 e. The highest BCUT2D eigenvalue weighted by molar-refractivity contribution is 5.98. The molecule has 0 radical (unpaired) electrons. The number of rotatable bonds is 7. The first-order valence-corrected chi connectivity index (χ1v) is 9.80. The van der Waals surface area contributed by atoms with Gasteiger partial charge in [0.2, 0.25) is 11.8 Å². The van der Waals surface area contributed by atoms with Crippen LogP contribution in [-0.4, -0.2) is 23.3 Å². The minimum Gasteiger partial charge on any atom is -0.326 e. The molecule has 1 heterocycles. The third-order valence-electron chi connectivity index (χ3n) is 5.01. The van der Waals surface area contributed by atoms with E-state index >= 15 is 0 Å². The monoisotopic (exact) mass is 395 g/mol. The Morgan fingerprint density at radius 3 is 2.55 bits per heavy atom. The number of carbonyl (C=O) groups is 2. The summed E-state index contributed by atoms with van der Waals surface area (Å²) in [6, 6.07) is 11.6. The lowest BCUT2D eigenvalue weighted by atomic mass is 9.99. The van der Waals surface area contributed by atoms with E-state index < -0.39 is 4.92 Å². The lowest BCUT2D eigenvalue weighted by Gasteiger charge is -2.30. The van der Waals surface area contributed by atoms with Crippen molar-refractivity contribution >= 4 is 28.9 Å². The number of aryl methyl sites for hydroxylation is 1. The van der Waals surface area contributed by atoms with Crippen LogP contribution in [0.3, 0.4) is 0 Å². The van der Waals surface area contributed by atoms with Crippen molar-refractivity contribution < 1.29 is 14.5 Å².